The van der Waals surface area contributed by atoms with E-state index in [0.717, 1.165) is 18.2 Å². The maximum atomic E-state index is 13.3. The summed E-state index contributed by atoms with van der Waals surface area (Å²) in [4.78, 5) is 30.1. The van der Waals surface area contributed by atoms with Crippen LogP contribution in [0.4, 0.5) is 8.78 Å². The van der Waals surface area contributed by atoms with Gasteiger partial charge in [0.05, 0.1) is 0 Å². The second-order valence-electron chi connectivity index (χ2n) is 7.20. The van der Waals surface area contributed by atoms with E-state index >= 15 is 0 Å². The predicted octanol–water partition coefficient (Wildman–Crippen LogP) is 2.62. The van der Waals surface area contributed by atoms with E-state index in [2.05, 4.69) is 4.98 Å². The zero-order chi connectivity index (χ0) is 19.6. The summed E-state index contributed by atoms with van der Waals surface area (Å²) in [7, 11) is 0. The van der Waals surface area contributed by atoms with Gasteiger partial charge in [-0.15, -0.1) is 0 Å². The molecular formula is C20H23F2N3O2. The third-order valence-corrected chi connectivity index (χ3v) is 4.98. The van der Waals surface area contributed by atoms with Crippen LogP contribution in [-0.4, -0.2) is 33.4 Å². The molecule has 1 fully saturated rings. The van der Waals surface area contributed by atoms with Crippen molar-refractivity contribution in [2.75, 3.05) is 13.1 Å². The first kappa shape index (κ1) is 19.2. The van der Waals surface area contributed by atoms with Crippen LogP contribution < -0.4 is 5.69 Å². The van der Waals surface area contributed by atoms with Crippen LogP contribution >= 0.6 is 0 Å². The van der Waals surface area contributed by atoms with Crippen LogP contribution in [0.15, 0.2) is 29.1 Å². The summed E-state index contributed by atoms with van der Waals surface area (Å²) in [5, 5.41) is 0. The molecule has 1 amide bonds. The van der Waals surface area contributed by atoms with Gasteiger partial charge in [-0.3, -0.25) is 9.36 Å². The molecule has 3 rings (SSSR count). The molecule has 7 heteroatoms. The monoisotopic (exact) mass is 375 g/mol. The smallest absolute Gasteiger partial charge is 0.342 e. The Morgan fingerprint density at radius 3 is 2.56 bits per heavy atom. The van der Waals surface area contributed by atoms with Crippen molar-refractivity contribution in [3.05, 3.63) is 63.3 Å². The Balaban J connectivity index is 1.55. The number of amides is 1. The van der Waals surface area contributed by atoms with Crippen LogP contribution in [0.25, 0.3) is 0 Å². The Kier molecular flexibility index (Phi) is 5.68. The molecular weight excluding hydrogens is 352 g/mol. The van der Waals surface area contributed by atoms with Gasteiger partial charge >= 0.3 is 5.69 Å². The van der Waals surface area contributed by atoms with Gasteiger partial charge in [0.25, 0.3) is 0 Å². The average molecular weight is 375 g/mol. The molecule has 1 aliphatic heterocycles. The van der Waals surface area contributed by atoms with E-state index in [1.54, 1.807) is 11.8 Å². The van der Waals surface area contributed by atoms with Gasteiger partial charge in [-0.2, -0.15) is 4.98 Å². The molecule has 1 aliphatic rings. The molecule has 1 aromatic carbocycles. The van der Waals surface area contributed by atoms with Gasteiger partial charge in [0.1, 0.15) is 11.6 Å². The van der Waals surface area contributed by atoms with Crippen molar-refractivity contribution >= 4 is 5.91 Å². The van der Waals surface area contributed by atoms with E-state index in [-0.39, 0.29) is 23.9 Å². The molecule has 0 aliphatic carbocycles. The predicted molar refractivity (Wildman–Crippen MR) is 97.3 cm³/mol. The summed E-state index contributed by atoms with van der Waals surface area (Å²) < 4.78 is 28.2. The van der Waals surface area contributed by atoms with Gasteiger partial charge < -0.3 is 4.90 Å². The fourth-order valence-electron chi connectivity index (χ4n) is 3.70. The molecule has 0 N–H and O–H groups in total. The van der Waals surface area contributed by atoms with Gasteiger partial charge in [0, 0.05) is 43.5 Å². The van der Waals surface area contributed by atoms with Crippen molar-refractivity contribution in [3.8, 4) is 0 Å². The Labute approximate surface area is 156 Å². The highest BCUT2D eigenvalue weighted by Gasteiger charge is 2.26. The molecule has 0 radical (unpaired) electrons. The lowest BCUT2D eigenvalue weighted by Gasteiger charge is -2.17. The number of rotatable bonds is 5. The standard InChI is InChI=1S/C20H23F2N3O2/c1-13-7-14(2)25(20(27)23-13)6-4-19(26)24-5-3-15(12-24)8-16-9-17(21)11-18(22)10-16/h7,9-11,15H,3-6,8,12H2,1-2H3. The first-order chi connectivity index (χ1) is 12.8. The molecule has 2 aromatic rings. The number of halogens is 2. The maximum Gasteiger partial charge on any atom is 0.347 e. The topological polar surface area (TPSA) is 55.2 Å². The molecule has 2 heterocycles. The number of hydrogen-bond donors (Lipinski definition) is 0. The second-order valence-corrected chi connectivity index (χ2v) is 7.20. The molecule has 0 bridgehead atoms. The minimum Gasteiger partial charge on any atom is -0.342 e. The van der Waals surface area contributed by atoms with Crippen molar-refractivity contribution in [2.45, 2.75) is 39.7 Å². The highest BCUT2D eigenvalue weighted by atomic mass is 19.1. The van der Waals surface area contributed by atoms with Crippen molar-refractivity contribution in [1.29, 1.82) is 0 Å². The molecule has 27 heavy (non-hydrogen) atoms. The van der Waals surface area contributed by atoms with Gasteiger partial charge in [-0.1, -0.05) is 0 Å². The van der Waals surface area contributed by atoms with Crippen LogP contribution in [0.1, 0.15) is 29.8 Å². The zero-order valence-electron chi connectivity index (χ0n) is 15.5. The number of aromatic nitrogens is 2. The molecule has 1 atom stereocenters. The lowest BCUT2D eigenvalue weighted by molar-refractivity contribution is -0.130. The van der Waals surface area contributed by atoms with E-state index < -0.39 is 11.6 Å². The number of hydrogen-bond acceptors (Lipinski definition) is 3. The fourth-order valence-corrected chi connectivity index (χ4v) is 3.70. The van der Waals surface area contributed by atoms with Crippen molar-refractivity contribution in [2.24, 2.45) is 5.92 Å². The summed E-state index contributed by atoms with van der Waals surface area (Å²) in [5.41, 5.74) is 1.72. The molecule has 0 saturated carbocycles. The number of carbonyl (C=O) groups excluding carboxylic acids is 1. The van der Waals surface area contributed by atoms with Crippen LogP contribution in [0, 0.1) is 31.4 Å². The maximum absolute atomic E-state index is 13.3. The number of likely N-dealkylation sites (tertiary alicyclic amines) is 1. The van der Waals surface area contributed by atoms with Crippen molar-refractivity contribution in [3.63, 3.8) is 0 Å². The van der Waals surface area contributed by atoms with Crippen LogP contribution in [0.2, 0.25) is 0 Å². The first-order valence-corrected chi connectivity index (χ1v) is 9.09. The fraction of sp³-hybridized carbons (Fsp3) is 0.450. The highest BCUT2D eigenvalue weighted by Crippen LogP contribution is 2.22. The third kappa shape index (κ3) is 4.78. The van der Waals surface area contributed by atoms with E-state index in [1.807, 2.05) is 13.0 Å². The Bertz CT molecular complexity index is 890. The summed E-state index contributed by atoms with van der Waals surface area (Å²) in [6.07, 6.45) is 1.57. The molecule has 1 unspecified atom stereocenters. The number of aryl methyl sites for hydroxylation is 2. The third-order valence-electron chi connectivity index (χ3n) is 4.98. The minimum atomic E-state index is -0.580. The van der Waals surface area contributed by atoms with Crippen LogP contribution in [0.5, 0.6) is 0 Å². The summed E-state index contributed by atoms with van der Waals surface area (Å²) >= 11 is 0. The van der Waals surface area contributed by atoms with E-state index in [0.29, 0.717) is 37.3 Å². The van der Waals surface area contributed by atoms with Gasteiger partial charge in [0.15, 0.2) is 0 Å². The summed E-state index contributed by atoms with van der Waals surface area (Å²) in [6.45, 7) is 5.08. The first-order valence-electron chi connectivity index (χ1n) is 9.09. The minimum absolute atomic E-state index is 0.0187. The Morgan fingerprint density at radius 2 is 1.89 bits per heavy atom. The van der Waals surface area contributed by atoms with Crippen molar-refractivity contribution < 1.29 is 13.6 Å². The quantitative estimate of drug-likeness (QED) is 0.807. The SMILES string of the molecule is Cc1cc(C)n(CCC(=O)N2CCC(Cc3cc(F)cc(F)c3)C2)c(=O)n1. The number of nitrogens with zero attached hydrogens (tertiary/aromatic N) is 3. The second kappa shape index (κ2) is 7.98. The normalized spacial score (nSPS) is 16.7. The molecule has 1 aromatic heterocycles. The number of benzene rings is 1. The van der Waals surface area contributed by atoms with Gasteiger partial charge in [-0.25, -0.2) is 13.6 Å². The summed E-state index contributed by atoms with van der Waals surface area (Å²) in [5.74, 6) is -0.998. The zero-order valence-corrected chi connectivity index (χ0v) is 15.5. The van der Waals surface area contributed by atoms with E-state index in [1.165, 1.54) is 16.7 Å². The van der Waals surface area contributed by atoms with Crippen LogP contribution in [0.3, 0.4) is 0 Å². The molecule has 5 nitrogen and oxygen atoms in total. The highest BCUT2D eigenvalue weighted by molar-refractivity contribution is 5.76. The molecule has 144 valence electrons. The lowest BCUT2D eigenvalue weighted by atomic mass is 9.98. The Morgan fingerprint density at radius 1 is 1.19 bits per heavy atom. The van der Waals surface area contributed by atoms with E-state index in [9.17, 15) is 18.4 Å². The van der Waals surface area contributed by atoms with Crippen molar-refractivity contribution in [1.82, 2.24) is 14.5 Å². The average Bonchev–Trinajstić information content (AvgIpc) is 3.01. The summed E-state index contributed by atoms with van der Waals surface area (Å²) in [6, 6.07) is 5.36. The lowest BCUT2D eigenvalue weighted by Crippen LogP contribution is -2.32. The molecule has 1 saturated heterocycles. The van der Waals surface area contributed by atoms with E-state index in [4.69, 9.17) is 0 Å². The molecule has 0 spiro atoms. The van der Waals surface area contributed by atoms with Crippen LogP contribution in [-0.2, 0) is 17.8 Å². The Hall–Kier alpha value is -2.57. The largest absolute Gasteiger partial charge is 0.347 e. The van der Waals surface area contributed by atoms with Gasteiger partial charge in [-0.05, 0) is 56.4 Å². The number of carbonyl (C=O) groups is 1. The van der Waals surface area contributed by atoms with Gasteiger partial charge in [0.2, 0.25) is 5.91 Å².